The summed E-state index contributed by atoms with van der Waals surface area (Å²) in [6.45, 7) is 1.90. The number of hydrogen-bond donors (Lipinski definition) is 3. The van der Waals surface area contributed by atoms with Crippen LogP contribution in [0.15, 0.2) is 18.0 Å². The molecule has 0 bridgehead atoms. The number of alkyl carbamates (subject to hydrolysis) is 1. The number of nitrogens with one attached hydrogen (secondary N) is 1. The third-order valence-electron chi connectivity index (χ3n) is 6.54. The van der Waals surface area contributed by atoms with E-state index < -0.39 is 6.09 Å². The lowest BCUT2D eigenvalue weighted by molar-refractivity contribution is 0.00720. The van der Waals surface area contributed by atoms with Crippen molar-refractivity contribution in [2.75, 3.05) is 7.05 Å². The molecule has 8 heteroatoms. The molecule has 0 saturated heterocycles. The third-order valence-corrected chi connectivity index (χ3v) is 6.54. The van der Waals surface area contributed by atoms with Crippen molar-refractivity contribution < 1.29 is 14.3 Å². The minimum absolute atomic E-state index is 0.0188. The third kappa shape index (κ3) is 4.64. The minimum Gasteiger partial charge on any atom is -0.489 e. The predicted octanol–water partition coefficient (Wildman–Crippen LogP) is 3.16. The average molecular weight is 416 g/mol. The number of carbonyl (C=O) groups is 1. The van der Waals surface area contributed by atoms with Crippen molar-refractivity contribution in [3.05, 3.63) is 29.3 Å². The van der Waals surface area contributed by atoms with Crippen LogP contribution in [0.25, 0.3) is 5.70 Å². The molecule has 0 atom stereocenters. The summed E-state index contributed by atoms with van der Waals surface area (Å²) in [5, 5.41) is 3.95. The Morgan fingerprint density at radius 2 is 1.90 bits per heavy atom. The molecule has 0 aromatic carbocycles. The van der Waals surface area contributed by atoms with E-state index in [2.05, 4.69) is 10.3 Å². The molecule has 8 nitrogen and oxygen atoms in total. The van der Waals surface area contributed by atoms with Crippen molar-refractivity contribution in [1.82, 2.24) is 15.3 Å². The van der Waals surface area contributed by atoms with Crippen LogP contribution in [-0.4, -0.2) is 35.3 Å². The van der Waals surface area contributed by atoms with Crippen molar-refractivity contribution in [1.29, 1.82) is 0 Å². The van der Waals surface area contributed by atoms with Gasteiger partial charge in [-0.15, -0.1) is 0 Å². The molecule has 0 unspecified atom stereocenters. The largest absolute Gasteiger partial charge is 0.489 e. The number of nitrogens with zero attached hydrogens (tertiary/aromatic N) is 2. The van der Waals surface area contributed by atoms with E-state index in [-0.39, 0.29) is 23.7 Å². The maximum atomic E-state index is 12.3. The lowest BCUT2D eigenvalue weighted by Crippen LogP contribution is -2.42. The number of ether oxygens (including phenoxy) is 2. The molecular weight excluding hydrogens is 382 g/mol. The molecule has 1 spiro atoms. The zero-order valence-electron chi connectivity index (χ0n) is 17.9. The number of hydrogen-bond acceptors (Lipinski definition) is 7. The van der Waals surface area contributed by atoms with Gasteiger partial charge >= 0.3 is 6.09 Å². The van der Waals surface area contributed by atoms with Gasteiger partial charge in [-0.25, -0.2) is 15.6 Å². The SMILES string of the molecule is Cc1nc(/C(N)=C(\NC(=O)OC2CC3(CC3)C2)N(C)N)ccc1OC1CCCCC1. The number of aromatic nitrogens is 1. The Morgan fingerprint density at radius 3 is 2.50 bits per heavy atom. The molecule has 3 fully saturated rings. The molecular formula is C22H33N5O3. The van der Waals surface area contributed by atoms with Crippen molar-refractivity contribution in [2.45, 2.75) is 76.9 Å². The summed E-state index contributed by atoms with van der Waals surface area (Å²) in [7, 11) is 1.61. The first-order valence-corrected chi connectivity index (χ1v) is 11.0. The summed E-state index contributed by atoms with van der Waals surface area (Å²) < 4.78 is 11.6. The molecule has 3 saturated carbocycles. The van der Waals surface area contributed by atoms with E-state index in [0.717, 1.165) is 37.1 Å². The summed E-state index contributed by atoms with van der Waals surface area (Å²) in [4.78, 5) is 16.9. The Morgan fingerprint density at radius 1 is 1.20 bits per heavy atom. The second-order valence-corrected chi connectivity index (χ2v) is 9.09. The fraction of sp³-hybridized carbons (Fsp3) is 0.636. The van der Waals surface area contributed by atoms with E-state index in [9.17, 15) is 4.79 Å². The fourth-order valence-electron chi connectivity index (χ4n) is 4.50. The first kappa shape index (κ1) is 20.8. The maximum absolute atomic E-state index is 12.3. The number of nitrogens with two attached hydrogens (primary N) is 2. The van der Waals surface area contributed by atoms with E-state index in [1.165, 1.54) is 37.1 Å². The highest BCUT2D eigenvalue weighted by atomic mass is 16.6. The molecule has 0 aliphatic heterocycles. The number of amides is 1. The van der Waals surface area contributed by atoms with Gasteiger partial charge in [0.15, 0.2) is 5.82 Å². The van der Waals surface area contributed by atoms with E-state index in [4.69, 9.17) is 21.1 Å². The standard InChI is InChI=1S/C22H33N5O3/c1-14-18(29-15-6-4-3-5-7-15)9-8-17(25-14)19(23)20(27(2)24)26-21(28)30-16-12-22(13-16)10-11-22/h8-9,15-16H,3-7,10-13,23-24H2,1-2H3,(H,26,28)/b20-19-. The van der Waals surface area contributed by atoms with Gasteiger partial charge in [-0.05, 0) is 75.8 Å². The van der Waals surface area contributed by atoms with Crippen LogP contribution < -0.4 is 21.6 Å². The number of rotatable bonds is 6. The van der Waals surface area contributed by atoms with Gasteiger partial charge < -0.3 is 15.2 Å². The van der Waals surface area contributed by atoms with Crippen LogP contribution in [0.2, 0.25) is 0 Å². The van der Waals surface area contributed by atoms with Crippen LogP contribution >= 0.6 is 0 Å². The number of aryl methyl sites for hydroxylation is 1. The number of pyridine rings is 1. The molecule has 0 radical (unpaired) electrons. The van der Waals surface area contributed by atoms with Gasteiger partial charge in [-0.1, -0.05) is 6.42 Å². The van der Waals surface area contributed by atoms with Crippen LogP contribution in [-0.2, 0) is 4.74 Å². The summed E-state index contributed by atoms with van der Waals surface area (Å²) in [5.41, 5.74) is 8.33. The van der Waals surface area contributed by atoms with Gasteiger partial charge in [-0.3, -0.25) is 10.3 Å². The van der Waals surface area contributed by atoms with Gasteiger partial charge in [0.05, 0.1) is 17.5 Å². The highest BCUT2D eigenvalue weighted by Crippen LogP contribution is 2.61. The van der Waals surface area contributed by atoms with Crippen molar-refractivity contribution in [3.63, 3.8) is 0 Å². The Hall–Kier alpha value is -2.48. The lowest BCUT2D eigenvalue weighted by atomic mass is 9.79. The second kappa shape index (κ2) is 8.34. The summed E-state index contributed by atoms with van der Waals surface area (Å²) in [6, 6.07) is 3.68. The normalized spacial score (nSPS) is 21.4. The number of carbonyl (C=O) groups excluding carboxylic acids is 1. The van der Waals surface area contributed by atoms with E-state index in [0.29, 0.717) is 11.1 Å². The van der Waals surface area contributed by atoms with E-state index in [1.807, 2.05) is 13.0 Å². The average Bonchev–Trinajstić information content (AvgIpc) is 3.48. The molecule has 3 aliphatic carbocycles. The summed E-state index contributed by atoms with van der Waals surface area (Å²) in [6.07, 6.45) is 9.97. The Labute approximate surface area is 177 Å². The highest BCUT2D eigenvalue weighted by Gasteiger charge is 2.54. The summed E-state index contributed by atoms with van der Waals surface area (Å²) >= 11 is 0. The first-order chi connectivity index (χ1) is 14.3. The molecule has 4 rings (SSSR count). The van der Waals surface area contributed by atoms with Crippen LogP contribution in [0.1, 0.15) is 69.2 Å². The van der Waals surface area contributed by atoms with Gasteiger partial charge in [0.25, 0.3) is 0 Å². The Kier molecular flexibility index (Phi) is 5.77. The van der Waals surface area contributed by atoms with Gasteiger partial charge in [0.2, 0.25) is 0 Å². The van der Waals surface area contributed by atoms with Crippen LogP contribution in [0, 0.1) is 12.3 Å². The maximum Gasteiger partial charge on any atom is 0.413 e. The van der Waals surface area contributed by atoms with Crippen molar-refractivity contribution in [2.24, 2.45) is 17.0 Å². The van der Waals surface area contributed by atoms with Crippen LogP contribution in [0.3, 0.4) is 0 Å². The number of hydrazine groups is 1. The Bertz CT molecular complexity index is 820. The van der Waals surface area contributed by atoms with Crippen molar-refractivity contribution >= 4 is 11.8 Å². The topological polar surface area (TPSA) is 116 Å². The predicted molar refractivity (Wildman–Crippen MR) is 114 cm³/mol. The molecule has 5 N–H and O–H groups in total. The second-order valence-electron chi connectivity index (χ2n) is 9.09. The van der Waals surface area contributed by atoms with Crippen LogP contribution in [0.5, 0.6) is 5.75 Å². The summed E-state index contributed by atoms with van der Waals surface area (Å²) in [5.74, 6) is 6.95. The lowest BCUT2D eigenvalue weighted by Gasteiger charge is -2.35. The van der Waals surface area contributed by atoms with E-state index in [1.54, 1.807) is 13.1 Å². The first-order valence-electron chi connectivity index (χ1n) is 11.0. The fourth-order valence-corrected chi connectivity index (χ4v) is 4.50. The van der Waals surface area contributed by atoms with E-state index >= 15 is 0 Å². The van der Waals surface area contributed by atoms with Gasteiger partial charge in [0, 0.05) is 7.05 Å². The van der Waals surface area contributed by atoms with Gasteiger partial charge in [0.1, 0.15) is 17.6 Å². The molecule has 3 aliphatic rings. The van der Waals surface area contributed by atoms with Gasteiger partial charge in [-0.2, -0.15) is 0 Å². The molecule has 1 aromatic rings. The Balaban J connectivity index is 1.42. The monoisotopic (exact) mass is 415 g/mol. The smallest absolute Gasteiger partial charge is 0.413 e. The zero-order chi connectivity index (χ0) is 21.3. The van der Waals surface area contributed by atoms with Crippen molar-refractivity contribution in [3.8, 4) is 5.75 Å². The van der Waals surface area contributed by atoms with Crippen LogP contribution in [0.4, 0.5) is 4.79 Å². The molecule has 1 amide bonds. The molecule has 164 valence electrons. The quantitative estimate of drug-likeness (QED) is 0.483. The molecule has 1 aromatic heterocycles. The molecule has 30 heavy (non-hydrogen) atoms. The highest BCUT2D eigenvalue weighted by molar-refractivity contribution is 5.74. The minimum atomic E-state index is -0.542. The zero-order valence-corrected chi connectivity index (χ0v) is 17.9. The molecule has 1 heterocycles.